The van der Waals surface area contributed by atoms with Gasteiger partial charge in [-0.3, -0.25) is 14.6 Å². The van der Waals surface area contributed by atoms with Crippen LogP contribution in [0.2, 0.25) is 0 Å². The summed E-state index contributed by atoms with van der Waals surface area (Å²) >= 11 is 0. The SMILES string of the molecule is C=CC1=CCC(NC(=O)[C@@H]2C[C@@H](Oc3cc(-c4ccc5c(n4)CCCC5)nc4cc(OC)ccc34)CN2C(=O)c2ccc3c(c2)OCO3)(C(=O)O)C1. The Morgan fingerprint density at radius 1 is 1.02 bits per heavy atom. The molecule has 1 saturated heterocycles. The van der Waals surface area contributed by atoms with Gasteiger partial charge in [0.25, 0.3) is 5.91 Å². The van der Waals surface area contributed by atoms with Crippen molar-refractivity contribution in [1.29, 1.82) is 0 Å². The minimum Gasteiger partial charge on any atom is -0.497 e. The van der Waals surface area contributed by atoms with Crippen LogP contribution >= 0.6 is 0 Å². The number of carbonyl (C=O) groups excluding carboxylic acids is 2. The molecule has 4 aromatic rings. The summed E-state index contributed by atoms with van der Waals surface area (Å²) in [6, 6.07) is 15.3. The van der Waals surface area contributed by atoms with Crippen LogP contribution in [-0.4, -0.2) is 75.9 Å². The van der Waals surface area contributed by atoms with Gasteiger partial charge in [0.2, 0.25) is 12.7 Å². The van der Waals surface area contributed by atoms with Crippen LogP contribution < -0.4 is 24.3 Å². The number of benzene rings is 2. The van der Waals surface area contributed by atoms with E-state index in [-0.39, 0.29) is 32.6 Å². The predicted molar refractivity (Wildman–Crippen MR) is 191 cm³/mol. The summed E-state index contributed by atoms with van der Waals surface area (Å²) in [5.41, 5.74) is 3.81. The molecule has 1 unspecified atom stereocenters. The van der Waals surface area contributed by atoms with Gasteiger partial charge < -0.3 is 34.3 Å². The molecule has 12 nitrogen and oxygen atoms in total. The monoisotopic (exact) mass is 702 g/mol. The molecule has 2 aliphatic carbocycles. The standard InChI is InChI=1S/C40H38N4O8/c1-3-23-14-15-40(20-23,39(47)48)43-37(45)33-18-27(21-44(33)38(46)25-9-13-34-36(16-25)51-22-50-34)52-35-19-32(42-31-17-26(49-2)10-11-28(31)35)30-12-8-24-6-4-5-7-29(24)41-30/h3,8-14,16-17,19,27,33H,1,4-7,15,18,20-22H2,2H3,(H,43,45)(H,47,48)/t27-,33+,40?/m1/s1. The Bertz CT molecular complexity index is 2170. The van der Waals surface area contributed by atoms with E-state index in [1.807, 2.05) is 30.3 Å². The first-order valence-corrected chi connectivity index (χ1v) is 17.5. The fourth-order valence-electron chi connectivity index (χ4n) is 7.57. The number of ether oxygens (including phenoxy) is 4. The van der Waals surface area contributed by atoms with Gasteiger partial charge in [-0.1, -0.05) is 24.8 Å². The highest BCUT2D eigenvalue weighted by Crippen LogP contribution is 2.37. The lowest BCUT2D eigenvalue weighted by atomic mass is 9.94. The lowest BCUT2D eigenvalue weighted by Crippen LogP contribution is -2.57. The number of aliphatic carboxylic acids is 1. The second-order valence-corrected chi connectivity index (χ2v) is 13.7. The Balaban J connectivity index is 1.13. The lowest BCUT2D eigenvalue weighted by molar-refractivity contribution is -0.147. The molecule has 0 spiro atoms. The van der Waals surface area contributed by atoms with Gasteiger partial charge in [0, 0.05) is 48.0 Å². The molecule has 1 fully saturated rings. The highest BCUT2D eigenvalue weighted by atomic mass is 16.7. The van der Waals surface area contributed by atoms with Crippen molar-refractivity contribution in [3.8, 4) is 34.4 Å². The first-order chi connectivity index (χ1) is 25.2. The third kappa shape index (κ3) is 6.07. The largest absolute Gasteiger partial charge is 0.497 e. The quantitative estimate of drug-likeness (QED) is 0.232. The Kier molecular flexibility index (Phi) is 8.52. The number of aryl methyl sites for hydroxylation is 2. The zero-order valence-corrected chi connectivity index (χ0v) is 28.7. The van der Waals surface area contributed by atoms with Crippen molar-refractivity contribution in [2.45, 2.75) is 62.6 Å². The zero-order chi connectivity index (χ0) is 36.0. The number of hydrogen-bond acceptors (Lipinski definition) is 9. The van der Waals surface area contributed by atoms with E-state index < -0.39 is 35.5 Å². The molecule has 52 heavy (non-hydrogen) atoms. The molecular formula is C40H38N4O8. The van der Waals surface area contributed by atoms with Crippen LogP contribution in [-0.2, 0) is 22.4 Å². The molecule has 0 radical (unpaired) electrons. The number of likely N-dealkylation sites (tertiary alicyclic amines) is 1. The normalized spacial score (nSPS) is 21.7. The van der Waals surface area contributed by atoms with E-state index in [4.69, 9.17) is 28.9 Å². The third-order valence-corrected chi connectivity index (χ3v) is 10.4. The smallest absolute Gasteiger partial charge is 0.330 e. The summed E-state index contributed by atoms with van der Waals surface area (Å²) in [5, 5.41) is 13.8. The molecule has 4 aliphatic rings. The average molecular weight is 703 g/mol. The van der Waals surface area contributed by atoms with Crippen molar-refractivity contribution in [3.63, 3.8) is 0 Å². The second kappa shape index (κ2) is 13.3. The van der Waals surface area contributed by atoms with Crippen molar-refractivity contribution in [1.82, 2.24) is 20.2 Å². The van der Waals surface area contributed by atoms with Gasteiger partial charge >= 0.3 is 5.97 Å². The van der Waals surface area contributed by atoms with Crippen LogP contribution in [0.4, 0.5) is 0 Å². The highest BCUT2D eigenvalue weighted by Gasteiger charge is 2.48. The van der Waals surface area contributed by atoms with Gasteiger partial charge in [-0.2, -0.15) is 0 Å². The molecule has 2 amide bonds. The van der Waals surface area contributed by atoms with Crippen LogP contribution in [0.25, 0.3) is 22.3 Å². The number of pyridine rings is 2. The Labute approximate surface area is 300 Å². The van der Waals surface area contributed by atoms with E-state index in [9.17, 15) is 19.5 Å². The molecule has 266 valence electrons. The summed E-state index contributed by atoms with van der Waals surface area (Å²) in [6.07, 6.45) is 7.21. The van der Waals surface area contributed by atoms with Gasteiger partial charge in [0.15, 0.2) is 11.5 Å². The van der Waals surface area contributed by atoms with Gasteiger partial charge in [0.1, 0.15) is 29.2 Å². The number of rotatable bonds is 9. The maximum atomic E-state index is 14.2. The lowest BCUT2D eigenvalue weighted by Gasteiger charge is -2.30. The molecule has 4 heterocycles. The number of amides is 2. The van der Waals surface area contributed by atoms with Crippen LogP contribution in [0.5, 0.6) is 23.0 Å². The summed E-state index contributed by atoms with van der Waals surface area (Å²) in [4.78, 5) is 52.2. The Morgan fingerprint density at radius 2 is 1.87 bits per heavy atom. The van der Waals surface area contributed by atoms with E-state index >= 15 is 0 Å². The predicted octanol–water partition coefficient (Wildman–Crippen LogP) is 5.42. The van der Waals surface area contributed by atoms with Gasteiger partial charge in [-0.15, -0.1) is 0 Å². The minimum atomic E-state index is -1.55. The van der Waals surface area contributed by atoms with Crippen molar-refractivity contribution in [2.24, 2.45) is 0 Å². The van der Waals surface area contributed by atoms with Crippen LogP contribution in [0.15, 0.2) is 78.9 Å². The molecule has 3 atom stereocenters. The first-order valence-electron chi connectivity index (χ1n) is 17.5. The van der Waals surface area contributed by atoms with Crippen LogP contribution in [0.3, 0.4) is 0 Å². The fraction of sp³-hybridized carbons (Fsp3) is 0.325. The number of nitrogens with zero attached hydrogens (tertiary/aromatic N) is 3. The Morgan fingerprint density at radius 3 is 2.67 bits per heavy atom. The highest BCUT2D eigenvalue weighted by molar-refractivity contribution is 6.00. The van der Waals surface area contributed by atoms with Crippen LogP contribution in [0.1, 0.15) is 53.7 Å². The summed E-state index contributed by atoms with van der Waals surface area (Å²) in [5.74, 6) is -0.0588. The van der Waals surface area contributed by atoms with E-state index in [0.29, 0.717) is 39.8 Å². The van der Waals surface area contributed by atoms with E-state index in [0.717, 1.165) is 48.0 Å². The van der Waals surface area contributed by atoms with Crippen molar-refractivity contribution in [2.75, 3.05) is 20.4 Å². The number of methoxy groups -OCH3 is 1. The summed E-state index contributed by atoms with van der Waals surface area (Å²) in [6.45, 7) is 3.87. The number of hydrogen-bond donors (Lipinski definition) is 2. The summed E-state index contributed by atoms with van der Waals surface area (Å²) in [7, 11) is 1.59. The number of carboxylic acids is 1. The van der Waals surface area contributed by atoms with E-state index in [1.54, 1.807) is 37.5 Å². The van der Waals surface area contributed by atoms with Crippen molar-refractivity contribution >= 4 is 28.7 Å². The molecular weight excluding hydrogens is 664 g/mol. The number of allylic oxidation sites excluding steroid dienone is 1. The second-order valence-electron chi connectivity index (χ2n) is 13.7. The topological polar surface area (TPSA) is 149 Å². The molecule has 12 heteroatoms. The number of carboxylic acid groups (broad SMARTS) is 1. The first kappa shape index (κ1) is 33.2. The number of fused-ring (bicyclic) bond motifs is 3. The molecule has 2 N–H and O–H groups in total. The van der Waals surface area contributed by atoms with Crippen molar-refractivity contribution in [3.05, 3.63) is 95.7 Å². The summed E-state index contributed by atoms with van der Waals surface area (Å²) < 4.78 is 23.2. The molecule has 2 aromatic carbocycles. The Hall–Kier alpha value is -5.91. The van der Waals surface area contributed by atoms with Crippen LogP contribution in [0, 0.1) is 0 Å². The van der Waals surface area contributed by atoms with E-state index in [2.05, 4.69) is 18.0 Å². The minimum absolute atomic E-state index is 0.0460. The van der Waals surface area contributed by atoms with Crippen molar-refractivity contribution < 1.29 is 38.4 Å². The molecule has 0 bridgehead atoms. The number of carbonyl (C=O) groups is 3. The fourth-order valence-corrected chi connectivity index (χ4v) is 7.57. The number of aromatic nitrogens is 2. The van der Waals surface area contributed by atoms with E-state index in [1.165, 1.54) is 10.5 Å². The zero-order valence-electron chi connectivity index (χ0n) is 28.7. The maximum Gasteiger partial charge on any atom is 0.330 e. The average Bonchev–Trinajstić information content (AvgIpc) is 3.93. The van der Waals surface area contributed by atoms with Gasteiger partial charge in [-0.05, 0) is 73.2 Å². The van der Waals surface area contributed by atoms with Gasteiger partial charge in [0.05, 0.1) is 30.6 Å². The molecule has 8 rings (SSSR count). The van der Waals surface area contributed by atoms with Gasteiger partial charge in [-0.25, -0.2) is 9.78 Å². The maximum absolute atomic E-state index is 14.2. The number of nitrogens with one attached hydrogen (secondary N) is 1. The molecule has 2 aromatic heterocycles. The molecule has 2 aliphatic heterocycles. The third-order valence-electron chi connectivity index (χ3n) is 10.4. The molecule has 0 saturated carbocycles.